The normalized spacial score (nSPS) is 17.7. The van der Waals surface area contributed by atoms with Gasteiger partial charge in [-0.05, 0) is 38.2 Å². The molecule has 0 saturated heterocycles. The van der Waals surface area contributed by atoms with E-state index in [2.05, 4.69) is 13.8 Å². The summed E-state index contributed by atoms with van der Waals surface area (Å²) in [5, 5.41) is 0. The fourth-order valence-corrected chi connectivity index (χ4v) is 4.15. The van der Waals surface area contributed by atoms with E-state index in [4.69, 9.17) is 5.73 Å². The fourth-order valence-electron chi connectivity index (χ4n) is 2.73. The van der Waals surface area contributed by atoms with Gasteiger partial charge in [0.25, 0.3) is 0 Å². The zero-order valence-electron chi connectivity index (χ0n) is 13.4. The molecule has 0 radical (unpaired) electrons. The molecule has 1 fully saturated rings. The smallest absolute Gasteiger partial charge is 0.244 e. The van der Waals surface area contributed by atoms with Gasteiger partial charge in [0.1, 0.15) is 4.90 Å². The summed E-state index contributed by atoms with van der Waals surface area (Å²) in [6.07, 6.45) is 4.83. The summed E-state index contributed by atoms with van der Waals surface area (Å²) in [6, 6.07) is 2.15. The lowest BCUT2D eigenvalue weighted by molar-refractivity contribution is 0.338. The molecule has 0 spiro atoms. The van der Waals surface area contributed by atoms with Gasteiger partial charge in [0.2, 0.25) is 10.0 Å². The molecule has 1 aliphatic carbocycles. The third-order valence-electron chi connectivity index (χ3n) is 4.17. The minimum absolute atomic E-state index is 0.0133. The van der Waals surface area contributed by atoms with Crippen molar-refractivity contribution in [3.8, 4) is 0 Å². The van der Waals surface area contributed by atoms with Crippen LogP contribution in [-0.4, -0.2) is 30.4 Å². The molecule has 1 saturated carbocycles. The third-order valence-corrected chi connectivity index (χ3v) is 6.10. The highest BCUT2D eigenvalue weighted by Gasteiger charge is 2.31. The van der Waals surface area contributed by atoms with Gasteiger partial charge < -0.3 is 10.3 Å². The first-order valence-corrected chi connectivity index (χ1v) is 9.10. The van der Waals surface area contributed by atoms with Crippen LogP contribution in [-0.2, 0) is 16.6 Å². The predicted octanol–water partition coefficient (Wildman–Crippen LogP) is 2.34. The Morgan fingerprint density at radius 1 is 1.38 bits per heavy atom. The monoisotopic (exact) mass is 313 g/mol. The molecule has 0 aromatic carbocycles. The van der Waals surface area contributed by atoms with Crippen molar-refractivity contribution in [2.75, 3.05) is 7.05 Å². The molecule has 1 atom stereocenters. The highest BCUT2D eigenvalue weighted by molar-refractivity contribution is 7.89. The van der Waals surface area contributed by atoms with Gasteiger partial charge in [-0.25, -0.2) is 8.42 Å². The first-order chi connectivity index (χ1) is 9.77. The SMILES string of the molecule is CC(C)CC(C)N(C)S(=O)(=O)c1cc(CN)n(C2CC2)c1. The Balaban J connectivity index is 2.26. The van der Waals surface area contributed by atoms with Crippen molar-refractivity contribution in [1.82, 2.24) is 8.87 Å². The van der Waals surface area contributed by atoms with Crippen molar-refractivity contribution in [3.63, 3.8) is 0 Å². The molecule has 2 N–H and O–H groups in total. The molecule has 1 heterocycles. The van der Waals surface area contributed by atoms with Crippen molar-refractivity contribution in [3.05, 3.63) is 18.0 Å². The molecular formula is C15H27N3O2S. The van der Waals surface area contributed by atoms with E-state index in [9.17, 15) is 8.42 Å². The minimum Gasteiger partial charge on any atom is -0.346 e. The summed E-state index contributed by atoms with van der Waals surface area (Å²) >= 11 is 0. The number of rotatable bonds is 7. The zero-order valence-corrected chi connectivity index (χ0v) is 14.2. The molecule has 0 amide bonds. The summed E-state index contributed by atoms with van der Waals surface area (Å²) in [5.41, 5.74) is 6.65. The van der Waals surface area contributed by atoms with Crippen LogP contribution in [0, 0.1) is 5.92 Å². The lowest BCUT2D eigenvalue weighted by Gasteiger charge is -2.25. The van der Waals surface area contributed by atoms with Crippen LogP contribution in [0.1, 0.15) is 51.8 Å². The molecule has 6 heteroatoms. The topological polar surface area (TPSA) is 68.3 Å². The molecule has 1 aromatic rings. The molecule has 1 aliphatic rings. The second kappa shape index (κ2) is 6.10. The van der Waals surface area contributed by atoms with Gasteiger partial charge in [-0.2, -0.15) is 4.31 Å². The lowest BCUT2D eigenvalue weighted by Crippen LogP contribution is -2.35. The lowest BCUT2D eigenvalue weighted by atomic mass is 10.1. The van der Waals surface area contributed by atoms with Crippen LogP contribution in [0.25, 0.3) is 0 Å². The quantitative estimate of drug-likeness (QED) is 0.840. The van der Waals surface area contributed by atoms with Crippen LogP contribution in [0.3, 0.4) is 0 Å². The maximum absolute atomic E-state index is 12.8. The van der Waals surface area contributed by atoms with E-state index in [-0.39, 0.29) is 6.04 Å². The molecule has 0 bridgehead atoms. The predicted molar refractivity (Wildman–Crippen MR) is 84.5 cm³/mol. The van der Waals surface area contributed by atoms with Crippen LogP contribution >= 0.6 is 0 Å². The van der Waals surface area contributed by atoms with Gasteiger partial charge in [-0.15, -0.1) is 0 Å². The van der Waals surface area contributed by atoms with E-state index in [1.165, 1.54) is 4.31 Å². The Bertz CT molecular complexity index is 588. The number of nitrogens with zero attached hydrogens (tertiary/aromatic N) is 2. The highest BCUT2D eigenvalue weighted by Crippen LogP contribution is 2.37. The van der Waals surface area contributed by atoms with Gasteiger partial charge in [-0.1, -0.05) is 13.8 Å². The van der Waals surface area contributed by atoms with Crippen molar-refractivity contribution in [1.29, 1.82) is 0 Å². The summed E-state index contributed by atoms with van der Waals surface area (Å²) in [7, 11) is -1.78. The van der Waals surface area contributed by atoms with E-state index >= 15 is 0 Å². The second-order valence-electron chi connectivity index (χ2n) is 6.51. The van der Waals surface area contributed by atoms with Crippen molar-refractivity contribution in [2.45, 2.75) is 63.6 Å². The van der Waals surface area contributed by atoms with Crippen LogP contribution in [0.2, 0.25) is 0 Å². The van der Waals surface area contributed by atoms with Crippen molar-refractivity contribution < 1.29 is 8.42 Å². The molecule has 1 aromatic heterocycles. The van der Waals surface area contributed by atoms with E-state index in [0.29, 0.717) is 23.4 Å². The molecule has 1 unspecified atom stereocenters. The summed E-state index contributed by atoms with van der Waals surface area (Å²) in [4.78, 5) is 0.368. The Morgan fingerprint density at radius 3 is 2.48 bits per heavy atom. The molecule has 21 heavy (non-hydrogen) atoms. The van der Waals surface area contributed by atoms with Crippen LogP contribution in [0.5, 0.6) is 0 Å². The van der Waals surface area contributed by atoms with E-state index in [0.717, 1.165) is 25.0 Å². The number of nitrogens with two attached hydrogens (primary N) is 1. The Kier molecular flexibility index (Phi) is 4.80. The first-order valence-electron chi connectivity index (χ1n) is 7.66. The molecule has 120 valence electrons. The summed E-state index contributed by atoms with van der Waals surface area (Å²) in [6.45, 7) is 6.54. The summed E-state index contributed by atoms with van der Waals surface area (Å²) in [5.74, 6) is 0.466. The number of hydrogen-bond acceptors (Lipinski definition) is 3. The van der Waals surface area contributed by atoms with Crippen molar-refractivity contribution >= 4 is 10.0 Å². The van der Waals surface area contributed by atoms with E-state index < -0.39 is 10.0 Å². The Hall–Kier alpha value is -0.850. The first kappa shape index (κ1) is 16.5. The fraction of sp³-hybridized carbons (Fsp3) is 0.733. The van der Waals surface area contributed by atoms with Gasteiger partial charge >= 0.3 is 0 Å². The highest BCUT2D eigenvalue weighted by atomic mass is 32.2. The third kappa shape index (κ3) is 3.49. The second-order valence-corrected chi connectivity index (χ2v) is 8.51. The van der Waals surface area contributed by atoms with E-state index in [1.54, 1.807) is 19.3 Å². The molecule has 2 rings (SSSR count). The maximum atomic E-state index is 12.8. The number of aromatic nitrogens is 1. The largest absolute Gasteiger partial charge is 0.346 e. The molecule has 5 nitrogen and oxygen atoms in total. The molecular weight excluding hydrogens is 286 g/mol. The van der Waals surface area contributed by atoms with Crippen molar-refractivity contribution in [2.24, 2.45) is 11.7 Å². The van der Waals surface area contributed by atoms with Crippen LogP contribution in [0.4, 0.5) is 0 Å². The maximum Gasteiger partial charge on any atom is 0.244 e. The van der Waals surface area contributed by atoms with Gasteiger partial charge in [-0.3, -0.25) is 0 Å². The van der Waals surface area contributed by atoms with Gasteiger partial charge in [0, 0.05) is 37.6 Å². The average molecular weight is 313 g/mol. The zero-order chi connectivity index (χ0) is 15.8. The average Bonchev–Trinajstić information content (AvgIpc) is 3.15. The van der Waals surface area contributed by atoms with Gasteiger partial charge in [0.15, 0.2) is 0 Å². The molecule has 0 aliphatic heterocycles. The van der Waals surface area contributed by atoms with Crippen LogP contribution < -0.4 is 5.73 Å². The van der Waals surface area contributed by atoms with Crippen LogP contribution in [0.15, 0.2) is 17.2 Å². The Labute approximate surface area is 128 Å². The Morgan fingerprint density at radius 2 is 2.00 bits per heavy atom. The van der Waals surface area contributed by atoms with Gasteiger partial charge in [0.05, 0.1) is 0 Å². The van der Waals surface area contributed by atoms with E-state index in [1.807, 2.05) is 11.5 Å². The summed E-state index contributed by atoms with van der Waals surface area (Å²) < 4.78 is 29.0. The standard InChI is InChI=1S/C15H27N3O2S/c1-11(2)7-12(3)17(4)21(19,20)15-8-14(9-16)18(10-15)13-5-6-13/h8,10-13H,5-7,9,16H2,1-4H3. The minimum atomic E-state index is -3.44. The number of hydrogen-bond donors (Lipinski definition) is 1. The number of sulfonamides is 1.